The summed E-state index contributed by atoms with van der Waals surface area (Å²) in [5.74, 6) is 0.975. The fourth-order valence-electron chi connectivity index (χ4n) is 3.28. The summed E-state index contributed by atoms with van der Waals surface area (Å²) >= 11 is 6.01. The van der Waals surface area contributed by atoms with E-state index in [4.69, 9.17) is 16.0 Å². The van der Waals surface area contributed by atoms with Gasteiger partial charge in [0.05, 0.1) is 0 Å². The first-order chi connectivity index (χ1) is 11.7. The lowest BCUT2D eigenvalue weighted by atomic mass is 9.96. The predicted octanol–water partition coefficient (Wildman–Crippen LogP) is 5.00. The first kappa shape index (κ1) is 15.6. The summed E-state index contributed by atoms with van der Waals surface area (Å²) in [6, 6.07) is 12.3. The third-order valence-corrected chi connectivity index (χ3v) is 4.86. The number of rotatable bonds is 3. The quantitative estimate of drug-likeness (QED) is 0.669. The third-order valence-electron chi connectivity index (χ3n) is 4.62. The topological polar surface area (TPSA) is 29.3 Å². The summed E-state index contributed by atoms with van der Waals surface area (Å²) in [5, 5.41) is 0.677. The molecule has 4 rings (SSSR count). The lowest BCUT2D eigenvalue weighted by Crippen LogP contribution is -2.32. The van der Waals surface area contributed by atoms with E-state index in [0.717, 1.165) is 55.0 Å². The second-order valence-electron chi connectivity index (χ2n) is 6.34. The zero-order valence-corrected chi connectivity index (χ0v) is 14.0. The smallest absolute Gasteiger partial charge is 0.198 e. The molecule has 0 radical (unpaired) electrons. The van der Waals surface area contributed by atoms with Gasteiger partial charge in [0.25, 0.3) is 0 Å². The SMILES string of the molecule is Fc1ccc(CN2CCC(c3nc4cc(Cl)ccc4o3)CC2)cc1. The van der Waals surface area contributed by atoms with Crippen molar-refractivity contribution in [3.05, 3.63) is 64.8 Å². The molecule has 5 heteroatoms. The summed E-state index contributed by atoms with van der Waals surface area (Å²) in [7, 11) is 0. The Morgan fingerprint density at radius 1 is 1.12 bits per heavy atom. The van der Waals surface area contributed by atoms with Crippen molar-refractivity contribution in [1.82, 2.24) is 9.88 Å². The van der Waals surface area contributed by atoms with Crippen molar-refractivity contribution >= 4 is 22.7 Å². The van der Waals surface area contributed by atoms with Gasteiger partial charge >= 0.3 is 0 Å². The largest absolute Gasteiger partial charge is 0.440 e. The molecule has 1 saturated heterocycles. The lowest BCUT2D eigenvalue weighted by Gasteiger charge is -2.30. The number of hydrogen-bond acceptors (Lipinski definition) is 3. The maximum atomic E-state index is 13.0. The number of aromatic nitrogens is 1. The van der Waals surface area contributed by atoms with Gasteiger partial charge in [0.2, 0.25) is 0 Å². The van der Waals surface area contributed by atoms with E-state index >= 15 is 0 Å². The normalized spacial score (nSPS) is 16.8. The minimum Gasteiger partial charge on any atom is -0.440 e. The summed E-state index contributed by atoms with van der Waals surface area (Å²) in [4.78, 5) is 7.00. The lowest BCUT2D eigenvalue weighted by molar-refractivity contribution is 0.194. The molecule has 2 heterocycles. The molecule has 0 bridgehead atoms. The van der Waals surface area contributed by atoms with Gasteiger partial charge in [0, 0.05) is 17.5 Å². The van der Waals surface area contributed by atoms with E-state index in [1.54, 1.807) is 0 Å². The van der Waals surface area contributed by atoms with Crippen LogP contribution >= 0.6 is 11.6 Å². The van der Waals surface area contributed by atoms with E-state index in [9.17, 15) is 4.39 Å². The van der Waals surface area contributed by atoms with Crippen molar-refractivity contribution in [3.63, 3.8) is 0 Å². The van der Waals surface area contributed by atoms with Gasteiger partial charge in [0.15, 0.2) is 11.5 Å². The highest BCUT2D eigenvalue weighted by Gasteiger charge is 2.24. The molecule has 0 saturated carbocycles. The Bertz CT molecular complexity index is 838. The molecular formula is C19H18ClFN2O. The summed E-state index contributed by atoms with van der Waals surface area (Å²) in [6.45, 7) is 2.83. The van der Waals surface area contributed by atoms with Gasteiger partial charge in [-0.2, -0.15) is 0 Å². The van der Waals surface area contributed by atoms with Crippen molar-refractivity contribution in [2.24, 2.45) is 0 Å². The van der Waals surface area contributed by atoms with E-state index in [-0.39, 0.29) is 5.82 Å². The van der Waals surface area contributed by atoms with Crippen molar-refractivity contribution in [2.45, 2.75) is 25.3 Å². The Balaban J connectivity index is 1.40. The van der Waals surface area contributed by atoms with Gasteiger partial charge in [-0.05, 0) is 61.8 Å². The number of fused-ring (bicyclic) bond motifs is 1. The van der Waals surface area contributed by atoms with Gasteiger partial charge < -0.3 is 4.42 Å². The van der Waals surface area contributed by atoms with Gasteiger partial charge in [0.1, 0.15) is 11.3 Å². The standard InChI is InChI=1S/C19H18ClFN2O/c20-15-3-6-18-17(11-15)22-19(24-18)14-7-9-23(10-8-14)12-13-1-4-16(21)5-2-13/h1-6,11,14H,7-10,12H2. The van der Waals surface area contributed by atoms with Crippen molar-refractivity contribution in [3.8, 4) is 0 Å². The molecule has 2 aromatic carbocycles. The molecule has 3 nitrogen and oxygen atoms in total. The van der Waals surface area contributed by atoms with Crippen LogP contribution in [0.25, 0.3) is 11.1 Å². The van der Waals surface area contributed by atoms with E-state index in [0.29, 0.717) is 10.9 Å². The number of hydrogen-bond donors (Lipinski definition) is 0. The molecular weight excluding hydrogens is 327 g/mol. The molecule has 0 spiro atoms. The Kier molecular flexibility index (Phi) is 4.25. The minimum atomic E-state index is -0.187. The number of halogens is 2. The first-order valence-corrected chi connectivity index (χ1v) is 8.58. The van der Waals surface area contributed by atoms with Crippen LogP contribution in [0.2, 0.25) is 5.02 Å². The highest BCUT2D eigenvalue weighted by atomic mass is 35.5. The average molecular weight is 345 g/mol. The average Bonchev–Trinajstić information content (AvgIpc) is 3.01. The van der Waals surface area contributed by atoms with Gasteiger partial charge in [-0.15, -0.1) is 0 Å². The molecule has 1 fully saturated rings. The monoisotopic (exact) mass is 344 g/mol. The van der Waals surface area contributed by atoms with E-state index < -0.39 is 0 Å². The number of benzene rings is 2. The highest BCUT2D eigenvalue weighted by Crippen LogP contribution is 2.31. The summed E-state index contributed by atoms with van der Waals surface area (Å²) < 4.78 is 18.9. The maximum Gasteiger partial charge on any atom is 0.198 e. The van der Waals surface area contributed by atoms with Crippen LogP contribution in [0.5, 0.6) is 0 Å². The van der Waals surface area contributed by atoms with Crippen LogP contribution in [0.1, 0.15) is 30.2 Å². The summed E-state index contributed by atoms with van der Waals surface area (Å²) in [5.41, 5.74) is 2.76. The fraction of sp³-hybridized carbons (Fsp3) is 0.316. The van der Waals surface area contributed by atoms with Crippen molar-refractivity contribution in [1.29, 1.82) is 0 Å². The molecule has 0 unspecified atom stereocenters. The Morgan fingerprint density at radius 2 is 1.88 bits per heavy atom. The van der Waals surface area contributed by atoms with Gasteiger partial charge in [-0.1, -0.05) is 23.7 Å². The molecule has 0 N–H and O–H groups in total. The zero-order chi connectivity index (χ0) is 16.5. The highest BCUT2D eigenvalue weighted by molar-refractivity contribution is 6.31. The van der Waals surface area contributed by atoms with Crippen LogP contribution in [0.3, 0.4) is 0 Å². The second-order valence-corrected chi connectivity index (χ2v) is 6.78. The zero-order valence-electron chi connectivity index (χ0n) is 13.2. The molecule has 3 aromatic rings. The predicted molar refractivity (Wildman–Crippen MR) is 92.7 cm³/mol. The van der Waals surface area contributed by atoms with Crippen LogP contribution < -0.4 is 0 Å². The van der Waals surface area contributed by atoms with Crippen LogP contribution in [0.15, 0.2) is 46.9 Å². The van der Waals surface area contributed by atoms with E-state index in [1.165, 1.54) is 12.1 Å². The Hall–Kier alpha value is -1.91. The molecule has 124 valence electrons. The summed E-state index contributed by atoms with van der Waals surface area (Å²) in [6.07, 6.45) is 2.03. The number of likely N-dealkylation sites (tertiary alicyclic amines) is 1. The number of piperidine rings is 1. The van der Waals surface area contributed by atoms with Crippen molar-refractivity contribution in [2.75, 3.05) is 13.1 Å². The number of nitrogens with zero attached hydrogens (tertiary/aromatic N) is 2. The molecule has 1 aliphatic heterocycles. The first-order valence-electron chi connectivity index (χ1n) is 8.20. The minimum absolute atomic E-state index is 0.187. The maximum absolute atomic E-state index is 13.0. The van der Waals surface area contributed by atoms with Crippen molar-refractivity contribution < 1.29 is 8.81 Å². The van der Waals surface area contributed by atoms with Gasteiger partial charge in [-0.25, -0.2) is 9.37 Å². The Labute approximate surface area is 145 Å². The van der Waals surface area contributed by atoms with Crippen LogP contribution in [-0.4, -0.2) is 23.0 Å². The van der Waals surface area contributed by atoms with E-state index in [1.807, 2.05) is 30.3 Å². The van der Waals surface area contributed by atoms with E-state index in [2.05, 4.69) is 9.88 Å². The molecule has 0 amide bonds. The van der Waals surface area contributed by atoms with Crippen LogP contribution in [-0.2, 0) is 6.54 Å². The number of oxazole rings is 1. The second kappa shape index (κ2) is 6.54. The third kappa shape index (κ3) is 3.30. The Morgan fingerprint density at radius 3 is 2.62 bits per heavy atom. The molecule has 1 aromatic heterocycles. The molecule has 24 heavy (non-hydrogen) atoms. The molecule has 1 aliphatic rings. The van der Waals surface area contributed by atoms with Gasteiger partial charge in [-0.3, -0.25) is 4.90 Å². The van der Waals surface area contributed by atoms with Crippen LogP contribution in [0, 0.1) is 5.82 Å². The van der Waals surface area contributed by atoms with Crippen LogP contribution in [0.4, 0.5) is 4.39 Å². The fourth-order valence-corrected chi connectivity index (χ4v) is 3.45. The molecule has 0 aliphatic carbocycles. The molecule has 0 atom stereocenters.